The van der Waals surface area contributed by atoms with Gasteiger partial charge in [0.2, 0.25) is 0 Å². The molecule has 83 valence electrons. The largest absolute Gasteiger partial charge is 0.493 e. The zero-order valence-corrected chi connectivity index (χ0v) is 9.88. The van der Waals surface area contributed by atoms with Crippen molar-refractivity contribution >= 4 is 0 Å². The lowest BCUT2D eigenvalue weighted by Crippen LogP contribution is -1.97. The normalized spacial score (nSPS) is 10.3. The van der Waals surface area contributed by atoms with Crippen LogP contribution in [0.25, 0.3) is 0 Å². The lowest BCUT2D eigenvalue weighted by atomic mass is 10.1. The molecule has 0 bridgehead atoms. The fourth-order valence-electron chi connectivity index (χ4n) is 1.44. The quantitative estimate of drug-likeness (QED) is 0.611. The lowest BCUT2D eigenvalue weighted by Gasteiger charge is -2.06. The van der Waals surface area contributed by atoms with Gasteiger partial charge in [-0.2, -0.15) is 0 Å². The van der Waals surface area contributed by atoms with Crippen LogP contribution in [0.2, 0.25) is 0 Å². The second-order valence-electron chi connectivity index (χ2n) is 3.87. The molecule has 1 radical (unpaired) electrons. The van der Waals surface area contributed by atoms with Crippen molar-refractivity contribution in [3.05, 3.63) is 29.8 Å². The molecule has 1 rings (SSSR count). The Morgan fingerprint density at radius 1 is 1.20 bits per heavy atom. The molecule has 0 N–H and O–H groups in total. The maximum absolute atomic E-state index is 5.61. The highest BCUT2D eigenvalue weighted by Gasteiger charge is 1.97. The molecule has 0 aliphatic carbocycles. The van der Waals surface area contributed by atoms with Gasteiger partial charge in [0.1, 0.15) is 5.75 Å². The van der Waals surface area contributed by atoms with Crippen molar-refractivity contribution < 1.29 is 4.74 Å². The van der Waals surface area contributed by atoms with Gasteiger partial charge in [0, 0.05) is 6.07 Å². The summed E-state index contributed by atoms with van der Waals surface area (Å²) in [6, 6.07) is 9.33. The van der Waals surface area contributed by atoms with E-state index in [1.54, 1.807) is 0 Å². The number of ether oxygens (including phenoxy) is 1. The first-order chi connectivity index (χ1) is 7.36. The van der Waals surface area contributed by atoms with E-state index >= 15 is 0 Å². The predicted octanol–water partition coefficient (Wildman–Crippen LogP) is 4.01. The molecule has 0 spiro atoms. The van der Waals surface area contributed by atoms with Crippen LogP contribution in [0.4, 0.5) is 0 Å². The molecule has 0 unspecified atom stereocenters. The van der Waals surface area contributed by atoms with Crippen LogP contribution in [0.1, 0.15) is 45.1 Å². The molecule has 0 amide bonds. The van der Waals surface area contributed by atoms with Gasteiger partial charge in [0.25, 0.3) is 0 Å². The van der Waals surface area contributed by atoms with Gasteiger partial charge in [-0.05, 0) is 30.9 Å². The molecule has 0 saturated carbocycles. The van der Waals surface area contributed by atoms with E-state index in [4.69, 9.17) is 4.74 Å². The van der Waals surface area contributed by atoms with Crippen molar-refractivity contribution in [3.8, 4) is 5.75 Å². The molecule has 0 aromatic heterocycles. The number of aryl methyl sites for hydroxylation is 1. The molecule has 0 atom stereocenters. The Bertz CT molecular complexity index is 268. The summed E-state index contributed by atoms with van der Waals surface area (Å²) in [5, 5.41) is 0. The van der Waals surface area contributed by atoms with Crippen LogP contribution in [0, 0.1) is 6.07 Å². The molecular weight excluding hydrogens is 184 g/mol. The second-order valence-corrected chi connectivity index (χ2v) is 3.87. The minimum atomic E-state index is 0.810. The van der Waals surface area contributed by atoms with Gasteiger partial charge in [-0.25, -0.2) is 0 Å². The molecule has 0 aliphatic heterocycles. The van der Waals surface area contributed by atoms with Crippen molar-refractivity contribution in [1.29, 1.82) is 0 Å². The minimum absolute atomic E-state index is 0.810. The summed E-state index contributed by atoms with van der Waals surface area (Å²) in [4.78, 5) is 0. The van der Waals surface area contributed by atoms with Gasteiger partial charge >= 0.3 is 0 Å². The van der Waals surface area contributed by atoms with Crippen LogP contribution < -0.4 is 4.74 Å². The highest BCUT2D eigenvalue weighted by atomic mass is 16.5. The van der Waals surface area contributed by atoms with E-state index in [0.29, 0.717) is 0 Å². The topological polar surface area (TPSA) is 9.23 Å². The average Bonchev–Trinajstić information content (AvgIpc) is 2.27. The standard InChI is InChI=1S/C14H21O/c1-3-5-8-13-9-7-10-14(12-13)15-11-6-4-2/h7,9,12H,3-6,8,11H2,1-2H3. The Hall–Kier alpha value is -0.980. The summed E-state index contributed by atoms with van der Waals surface area (Å²) in [6.45, 7) is 5.20. The van der Waals surface area contributed by atoms with Crippen LogP contribution in [0.15, 0.2) is 18.2 Å². The highest BCUT2D eigenvalue weighted by molar-refractivity contribution is 5.27. The molecule has 0 fully saturated rings. The van der Waals surface area contributed by atoms with Crippen molar-refractivity contribution in [1.82, 2.24) is 0 Å². The Balaban J connectivity index is 2.42. The maximum atomic E-state index is 5.61. The Labute approximate surface area is 93.5 Å². The van der Waals surface area contributed by atoms with E-state index in [9.17, 15) is 0 Å². The molecular formula is C14H21O. The smallest absolute Gasteiger partial charge is 0.127 e. The van der Waals surface area contributed by atoms with E-state index < -0.39 is 0 Å². The third kappa shape index (κ3) is 4.87. The Morgan fingerprint density at radius 3 is 2.73 bits per heavy atom. The van der Waals surface area contributed by atoms with E-state index in [0.717, 1.165) is 25.2 Å². The Morgan fingerprint density at radius 2 is 2.00 bits per heavy atom. The van der Waals surface area contributed by atoms with E-state index in [1.165, 1.54) is 24.8 Å². The molecule has 1 nitrogen and oxygen atoms in total. The van der Waals surface area contributed by atoms with Crippen LogP contribution >= 0.6 is 0 Å². The van der Waals surface area contributed by atoms with E-state index in [1.807, 2.05) is 6.07 Å². The van der Waals surface area contributed by atoms with Crippen LogP contribution in [0.5, 0.6) is 5.75 Å². The van der Waals surface area contributed by atoms with Crippen LogP contribution in [-0.2, 0) is 6.42 Å². The maximum Gasteiger partial charge on any atom is 0.127 e. The first-order valence-corrected chi connectivity index (χ1v) is 6.00. The van der Waals surface area contributed by atoms with Gasteiger partial charge in [0.15, 0.2) is 0 Å². The molecule has 1 aromatic carbocycles. The molecule has 0 heterocycles. The molecule has 1 heteroatoms. The van der Waals surface area contributed by atoms with E-state index in [-0.39, 0.29) is 0 Å². The summed E-state index contributed by atoms with van der Waals surface area (Å²) >= 11 is 0. The molecule has 1 aromatic rings. The molecule has 15 heavy (non-hydrogen) atoms. The van der Waals surface area contributed by atoms with Crippen molar-refractivity contribution in [3.63, 3.8) is 0 Å². The summed E-state index contributed by atoms with van der Waals surface area (Å²) in [6.07, 6.45) is 5.93. The first-order valence-electron chi connectivity index (χ1n) is 6.00. The number of benzene rings is 1. The summed E-state index contributed by atoms with van der Waals surface area (Å²) in [7, 11) is 0. The summed E-state index contributed by atoms with van der Waals surface area (Å²) < 4.78 is 5.61. The number of hydrogen-bond donors (Lipinski definition) is 0. The summed E-state index contributed by atoms with van der Waals surface area (Å²) in [5.41, 5.74) is 1.36. The van der Waals surface area contributed by atoms with Crippen LogP contribution in [-0.4, -0.2) is 6.61 Å². The SMILES string of the molecule is CCCCOc1[c]ccc(CCCC)c1. The van der Waals surface area contributed by atoms with E-state index in [2.05, 4.69) is 32.0 Å². The van der Waals surface area contributed by atoms with Gasteiger partial charge in [-0.3, -0.25) is 0 Å². The zero-order valence-electron chi connectivity index (χ0n) is 9.88. The van der Waals surface area contributed by atoms with Crippen molar-refractivity contribution in [2.45, 2.75) is 46.0 Å². The number of unbranched alkanes of at least 4 members (excludes halogenated alkanes) is 2. The molecule has 0 saturated heterocycles. The second kappa shape index (κ2) is 7.33. The van der Waals surface area contributed by atoms with Crippen molar-refractivity contribution in [2.24, 2.45) is 0 Å². The fourth-order valence-corrected chi connectivity index (χ4v) is 1.44. The molecule has 0 aliphatic rings. The van der Waals surface area contributed by atoms with Gasteiger partial charge in [0.05, 0.1) is 6.61 Å². The van der Waals surface area contributed by atoms with Gasteiger partial charge in [-0.15, -0.1) is 0 Å². The fraction of sp³-hybridized carbons (Fsp3) is 0.571. The number of rotatable bonds is 7. The summed E-state index contributed by atoms with van der Waals surface area (Å²) in [5.74, 6) is 0.900. The van der Waals surface area contributed by atoms with Crippen molar-refractivity contribution in [2.75, 3.05) is 6.61 Å². The third-order valence-electron chi connectivity index (χ3n) is 2.41. The lowest BCUT2D eigenvalue weighted by molar-refractivity contribution is 0.308. The van der Waals surface area contributed by atoms with Gasteiger partial charge < -0.3 is 4.74 Å². The Kier molecular flexibility index (Phi) is 5.91. The predicted molar refractivity (Wildman–Crippen MR) is 64.3 cm³/mol. The third-order valence-corrected chi connectivity index (χ3v) is 2.41. The monoisotopic (exact) mass is 205 g/mol. The van der Waals surface area contributed by atoms with Gasteiger partial charge in [-0.1, -0.05) is 38.8 Å². The zero-order chi connectivity index (χ0) is 10.9. The minimum Gasteiger partial charge on any atom is -0.493 e. The van der Waals surface area contributed by atoms with Crippen LogP contribution in [0.3, 0.4) is 0 Å². The first kappa shape index (κ1) is 12.1. The number of hydrogen-bond acceptors (Lipinski definition) is 1. The average molecular weight is 205 g/mol. The highest BCUT2D eigenvalue weighted by Crippen LogP contribution is 2.14.